The summed E-state index contributed by atoms with van der Waals surface area (Å²) in [6.45, 7) is 2.04. The third-order valence-electron chi connectivity index (χ3n) is 2.40. The maximum Gasteiger partial charge on any atom is 0.0660 e. The smallest absolute Gasteiger partial charge is 0.0660 e. The molecule has 1 atom stereocenters. The Morgan fingerprint density at radius 2 is 1.81 bits per heavy atom. The molecule has 0 saturated heterocycles. The van der Waals surface area contributed by atoms with Gasteiger partial charge in [-0.1, -0.05) is 35.3 Å². The summed E-state index contributed by atoms with van der Waals surface area (Å²) in [6, 6.07) is 9.67. The van der Waals surface area contributed by atoms with E-state index in [9.17, 15) is 0 Å². The average molecular weight is 255 g/mol. The maximum atomic E-state index is 6.15. The van der Waals surface area contributed by atoms with Crippen LogP contribution in [0.25, 0.3) is 0 Å². The molecule has 4 heteroatoms. The maximum absolute atomic E-state index is 6.15. The van der Waals surface area contributed by atoms with E-state index in [0.717, 1.165) is 5.56 Å². The van der Waals surface area contributed by atoms with Gasteiger partial charge in [0.15, 0.2) is 0 Å². The Hall–Kier alpha value is -1.12. The molecule has 1 N–H and O–H groups in total. The van der Waals surface area contributed by atoms with Crippen molar-refractivity contribution in [2.75, 3.05) is 5.43 Å². The lowest BCUT2D eigenvalue weighted by Gasteiger charge is -2.18. The number of hydrogen-bond donors (Lipinski definition) is 1. The highest BCUT2D eigenvalue weighted by Crippen LogP contribution is 2.29. The monoisotopic (exact) mass is 254 g/mol. The number of hydrogen-bond acceptors (Lipinski definition) is 1. The van der Waals surface area contributed by atoms with E-state index in [1.165, 1.54) is 0 Å². The van der Waals surface area contributed by atoms with Gasteiger partial charge in [-0.2, -0.15) is 0 Å². The molecule has 0 aliphatic rings. The lowest BCUT2D eigenvalue weighted by Crippen LogP contribution is -2.17. The van der Waals surface area contributed by atoms with E-state index in [1.807, 2.05) is 48.3 Å². The van der Waals surface area contributed by atoms with Crippen molar-refractivity contribution in [1.82, 2.24) is 4.68 Å². The highest BCUT2D eigenvalue weighted by Gasteiger charge is 2.11. The zero-order valence-corrected chi connectivity index (χ0v) is 10.3. The van der Waals surface area contributed by atoms with Gasteiger partial charge in [0.2, 0.25) is 0 Å². The molecule has 0 spiro atoms. The molecule has 2 aromatic rings. The molecular weight excluding hydrogens is 243 g/mol. The van der Waals surface area contributed by atoms with Gasteiger partial charge in [-0.3, -0.25) is 4.68 Å². The summed E-state index contributed by atoms with van der Waals surface area (Å²) in [6.07, 6.45) is 3.88. The summed E-state index contributed by atoms with van der Waals surface area (Å²) in [5.74, 6) is 0. The number of rotatable bonds is 3. The summed E-state index contributed by atoms with van der Waals surface area (Å²) in [5, 5.41) is 1.19. The van der Waals surface area contributed by atoms with E-state index in [0.29, 0.717) is 10.0 Å². The number of nitrogens with zero attached hydrogens (tertiary/aromatic N) is 1. The third kappa shape index (κ3) is 2.34. The Morgan fingerprint density at radius 1 is 1.12 bits per heavy atom. The molecule has 1 unspecified atom stereocenters. The average Bonchev–Trinajstić information content (AvgIpc) is 2.74. The molecule has 0 radical (unpaired) electrons. The topological polar surface area (TPSA) is 17.0 Å². The highest BCUT2D eigenvalue weighted by atomic mass is 35.5. The van der Waals surface area contributed by atoms with Gasteiger partial charge in [0.05, 0.1) is 16.1 Å². The normalized spacial score (nSPS) is 12.4. The van der Waals surface area contributed by atoms with Crippen LogP contribution in [0.1, 0.15) is 18.5 Å². The zero-order valence-electron chi connectivity index (χ0n) is 8.82. The van der Waals surface area contributed by atoms with Gasteiger partial charge in [-0.25, -0.2) is 0 Å². The molecular formula is C12H12Cl2N2. The van der Waals surface area contributed by atoms with Crippen molar-refractivity contribution in [3.8, 4) is 0 Å². The molecule has 0 amide bonds. The van der Waals surface area contributed by atoms with Crippen LogP contribution in [0.15, 0.2) is 42.7 Å². The van der Waals surface area contributed by atoms with E-state index in [2.05, 4.69) is 5.43 Å². The van der Waals surface area contributed by atoms with Crippen LogP contribution in [-0.2, 0) is 0 Å². The van der Waals surface area contributed by atoms with Crippen molar-refractivity contribution in [1.29, 1.82) is 0 Å². The quantitative estimate of drug-likeness (QED) is 0.873. The molecule has 1 heterocycles. The fourth-order valence-corrected chi connectivity index (χ4v) is 2.04. The number of benzene rings is 1. The Kier molecular flexibility index (Phi) is 3.42. The fourth-order valence-electron chi connectivity index (χ4n) is 1.57. The standard InChI is InChI=1S/C12H12Cl2N2/c1-9(15-16-7-2-3-8-16)10-5-4-6-11(13)12(10)14/h2-9,15H,1H3. The van der Waals surface area contributed by atoms with Gasteiger partial charge in [-0.15, -0.1) is 0 Å². The van der Waals surface area contributed by atoms with Gasteiger partial charge in [-0.05, 0) is 30.7 Å². The van der Waals surface area contributed by atoms with Crippen molar-refractivity contribution in [2.24, 2.45) is 0 Å². The molecule has 0 bridgehead atoms. The molecule has 0 aliphatic heterocycles. The van der Waals surface area contributed by atoms with Crippen LogP contribution in [0.5, 0.6) is 0 Å². The van der Waals surface area contributed by atoms with Crippen LogP contribution in [0.4, 0.5) is 0 Å². The highest BCUT2D eigenvalue weighted by molar-refractivity contribution is 6.42. The largest absolute Gasteiger partial charge is 0.319 e. The third-order valence-corrected chi connectivity index (χ3v) is 3.23. The molecule has 0 aliphatic carbocycles. The molecule has 1 aromatic carbocycles. The van der Waals surface area contributed by atoms with Crippen molar-refractivity contribution < 1.29 is 0 Å². The lowest BCUT2D eigenvalue weighted by molar-refractivity contribution is 0.728. The number of nitrogens with one attached hydrogen (secondary N) is 1. The van der Waals surface area contributed by atoms with Crippen LogP contribution in [-0.4, -0.2) is 4.68 Å². The van der Waals surface area contributed by atoms with E-state index >= 15 is 0 Å². The minimum Gasteiger partial charge on any atom is -0.319 e. The summed E-state index contributed by atoms with van der Waals surface area (Å²) >= 11 is 12.1. The minimum absolute atomic E-state index is 0.0959. The van der Waals surface area contributed by atoms with Crippen LogP contribution in [0.3, 0.4) is 0 Å². The van der Waals surface area contributed by atoms with E-state index in [1.54, 1.807) is 6.07 Å². The Balaban J connectivity index is 2.21. The second-order valence-corrected chi connectivity index (χ2v) is 4.37. The summed E-state index contributed by atoms with van der Waals surface area (Å²) in [7, 11) is 0. The zero-order chi connectivity index (χ0) is 11.5. The molecule has 0 saturated carbocycles. The predicted octanol–water partition coefficient (Wildman–Crippen LogP) is 4.10. The van der Waals surface area contributed by atoms with Crippen molar-refractivity contribution >= 4 is 23.2 Å². The molecule has 2 rings (SSSR count). The molecule has 84 valence electrons. The van der Waals surface area contributed by atoms with Gasteiger partial charge >= 0.3 is 0 Å². The van der Waals surface area contributed by atoms with Crippen LogP contribution < -0.4 is 5.43 Å². The van der Waals surface area contributed by atoms with Gasteiger partial charge < -0.3 is 5.43 Å². The SMILES string of the molecule is CC(Nn1cccc1)c1cccc(Cl)c1Cl. The first-order valence-electron chi connectivity index (χ1n) is 5.02. The van der Waals surface area contributed by atoms with E-state index < -0.39 is 0 Å². The van der Waals surface area contributed by atoms with Crippen LogP contribution in [0.2, 0.25) is 10.0 Å². The van der Waals surface area contributed by atoms with Crippen molar-refractivity contribution in [2.45, 2.75) is 13.0 Å². The van der Waals surface area contributed by atoms with E-state index in [-0.39, 0.29) is 6.04 Å². The molecule has 2 nitrogen and oxygen atoms in total. The number of halogens is 2. The number of aromatic nitrogens is 1. The second kappa shape index (κ2) is 4.81. The van der Waals surface area contributed by atoms with Gasteiger partial charge in [0.25, 0.3) is 0 Å². The minimum atomic E-state index is 0.0959. The van der Waals surface area contributed by atoms with Gasteiger partial charge in [0.1, 0.15) is 0 Å². The summed E-state index contributed by atoms with van der Waals surface area (Å²) < 4.78 is 1.89. The summed E-state index contributed by atoms with van der Waals surface area (Å²) in [5.41, 5.74) is 4.27. The van der Waals surface area contributed by atoms with Gasteiger partial charge in [0, 0.05) is 12.4 Å². The van der Waals surface area contributed by atoms with E-state index in [4.69, 9.17) is 23.2 Å². The molecule has 1 aromatic heterocycles. The molecule has 0 fully saturated rings. The first kappa shape index (κ1) is 11.4. The van der Waals surface area contributed by atoms with Crippen molar-refractivity contribution in [3.05, 3.63) is 58.3 Å². The van der Waals surface area contributed by atoms with Crippen LogP contribution in [0, 0.1) is 0 Å². The Labute approximate surface area is 105 Å². The lowest BCUT2D eigenvalue weighted by atomic mass is 10.1. The first-order chi connectivity index (χ1) is 7.68. The first-order valence-corrected chi connectivity index (χ1v) is 5.77. The van der Waals surface area contributed by atoms with Crippen LogP contribution >= 0.6 is 23.2 Å². The fraction of sp³-hybridized carbons (Fsp3) is 0.167. The Bertz CT molecular complexity index is 466. The van der Waals surface area contributed by atoms with Crippen molar-refractivity contribution in [3.63, 3.8) is 0 Å². The predicted molar refractivity (Wildman–Crippen MR) is 68.7 cm³/mol. The Morgan fingerprint density at radius 3 is 2.50 bits per heavy atom. The molecule has 16 heavy (non-hydrogen) atoms. The summed E-state index contributed by atoms with van der Waals surface area (Å²) in [4.78, 5) is 0. The second-order valence-electron chi connectivity index (χ2n) is 3.58.